The van der Waals surface area contributed by atoms with Crippen molar-refractivity contribution in [3.8, 4) is 0 Å². The molecule has 16 heavy (non-hydrogen) atoms. The predicted molar refractivity (Wildman–Crippen MR) is 68.3 cm³/mol. The molecule has 2 heteroatoms. The van der Waals surface area contributed by atoms with Crippen LogP contribution >= 0.6 is 0 Å². The molecule has 0 aromatic rings. The van der Waals surface area contributed by atoms with E-state index < -0.39 is 0 Å². The monoisotopic (exact) mass is 228 g/mol. The Balaban J connectivity index is 3.91. The summed E-state index contributed by atoms with van der Waals surface area (Å²) in [5, 5.41) is 0. The van der Waals surface area contributed by atoms with Gasteiger partial charge in [-0.2, -0.15) is 0 Å². The molecule has 0 aliphatic carbocycles. The predicted octanol–water partition coefficient (Wildman–Crippen LogP) is 4.18. The van der Waals surface area contributed by atoms with Crippen LogP contribution in [0.5, 0.6) is 0 Å². The van der Waals surface area contributed by atoms with Gasteiger partial charge >= 0.3 is 5.97 Å². The number of carbonyl (C=O) groups is 1. The molecular formula is C14H28O2. The van der Waals surface area contributed by atoms with Crippen LogP contribution in [0.2, 0.25) is 0 Å². The average Bonchev–Trinajstić information content (AvgIpc) is 2.16. The summed E-state index contributed by atoms with van der Waals surface area (Å²) in [5.41, 5.74) is -0.311. The molecule has 96 valence electrons. The van der Waals surface area contributed by atoms with Crippen molar-refractivity contribution in [2.24, 2.45) is 11.8 Å². The van der Waals surface area contributed by atoms with Crippen LogP contribution in [0.15, 0.2) is 0 Å². The molecule has 0 saturated heterocycles. The molecule has 0 heterocycles. The van der Waals surface area contributed by atoms with E-state index in [1.807, 2.05) is 27.7 Å². The number of hydrogen-bond acceptors (Lipinski definition) is 2. The van der Waals surface area contributed by atoms with E-state index in [2.05, 4.69) is 13.8 Å². The molecule has 0 saturated carbocycles. The Morgan fingerprint density at radius 1 is 1.25 bits per heavy atom. The van der Waals surface area contributed by atoms with Gasteiger partial charge in [-0.1, -0.05) is 40.5 Å². The Hall–Kier alpha value is -0.530. The summed E-state index contributed by atoms with van der Waals surface area (Å²) >= 11 is 0. The third-order valence-corrected chi connectivity index (χ3v) is 3.02. The first-order chi connectivity index (χ1) is 7.28. The fourth-order valence-corrected chi connectivity index (χ4v) is 1.52. The zero-order valence-electron chi connectivity index (χ0n) is 11.8. The highest BCUT2D eigenvalue weighted by molar-refractivity contribution is 5.71. The molecule has 0 aliphatic heterocycles. The molecule has 0 aromatic heterocycles. The van der Waals surface area contributed by atoms with Gasteiger partial charge in [0.1, 0.15) is 5.60 Å². The molecule has 2 nitrogen and oxygen atoms in total. The Morgan fingerprint density at radius 2 is 1.81 bits per heavy atom. The first kappa shape index (κ1) is 15.5. The van der Waals surface area contributed by atoms with Gasteiger partial charge in [-0.25, -0.2) is 0 Å². The second kappa shape index (κ2) is 6.93. The lowest BCUT2D eigenvalue weighted by molar-refractivity contribution is -0.161. The van der Waals surface area contributed by atoms with Crippen LogP contribution in [0.4, 0.5) is 0 Å². The zero-order chi connectivity index (χ0) is 12.8. The Kier molecular flexibility index (Phi) is 6.70. The van der Waals surface area contributed by atoms with E-state index in [0.29, 0.717) is 0 Å². The summed E-state index contributed by atoms with van der Waals surface area (Å²) in [7, 11) is 0. The van der Waals surface area contributed by atoms with Crippen LogP contribution in [0.1, 0.15) is 67.2 Å². The van der Waals surface area contributed by atoms with Crippen LogP contribution in [0, 0.1) is 11.8 Å². The van der Waals surface area contributed by atoms with Crippen LogP contribution in [0.3, 0.4) is 0 Å². The van der Waals surface area contributed by atoms with E-state index in [1.165, 1.54) is 12.8 Å². The molecule has 0 radical (unpaired) electrons. The smallest absolute Gasteiger partial charge is 0.308 e. The highest BCUT2D eigenvalue weighted by Crippen LogP contribution is 2.22. The lowest BCUT2D eigenvalue weighted by atomic mass is 9.95. The summed E-state index contributed by atoms with van der Waals surface area (Å²) in [6, 6.07) is 0. The highest BCUT2D eigenvalue weighted by atomic mass is 16.6. The molecule has 1 atom stereocenters. The van der Waals surface area contributed by atoms with Crippen molar-refractivity contribution >= 4 is 5.97 Å². The van der Waals surface area contributed by atoms with Gasteiger partial charge in [-0.05, 0) is 32.6 Å². The summed E-state index contributed by atoms with van der Waals surface area (Å²) in [6.07, 6.45) is 4.54. The lowest BCUT2D eigenvalue weighted by Gasteiger charge is -2.26. The van der Waals surface area contributed by atoms with Gasteiger partial charge in [-0.15, -0.1) is 0 Å². The van der Waals surface area contributed by atoms with Gasteiger partial charge in [0, 0.05) is 0 Å². The number of ether oxygens (including phenoxy) is 1. The van der Waals surface area contributed by atoms with Crippen molar-refractivity contribution < 1.29 is 9.53 Å². The van der Waals surface area contributed by atoms with Crippen LogP contribution in [0.25, 0.3) is 0 Å². The first-order valence-corrected chi connectivity index (χ1v) is 6.51. The summed E-state index contributed by atoms with van der Waals surface area (Å²) in [6.45, 7) is 12.2. The van der Waals surface area contributed by atoms with E-state index >= 15 is 0 Å². The third-order valence-electron chi connectivity index (χ3n) is 3.02. The normalized spacial score (nSPS) is 13.9. The quantitative estimate of drug-likeness (QED) is 0.611. The fraction of sp³-hybridized carbons (Fsp3) is 0.929. The van der Waals surface area contributed by atoms with Gasteiger partial charge in [0.05, 0.1) is 5.92 Å². The topological polar surface area (TPSA) is 26.3 Å². The molecular weight excluding hydrogens is 200 g/mol. The van der Waals surface area contributed by atoms with E-state index in [1.54, 1.807) is 0 Å². The van der Waals surface area contributed by atoms with Gasteiger partial charge < -0.3 is 4.74 Å². The molecule has 0 bridgehead atoms. The lowest BCUT2D eigenvalue weighted by Crippen LogP contribution is -2.30. The molecule has 0 aromatic carbocycles. The van der Waals surface area contributed by atoms with E-state index in [0.717, 1.165) is 18.8 Å². The van der Waals surface area contributed by atoms with E-state index in [-0.39, 0.29) is 17.5 Å². The van der Waals surface area contributed by atoms with Gasteiger partial charge in [0.25, 0.3) is 0 Å². The van der Waals surface area contributed by atoms with Crippen molar-refractivity contribution in [3.63, 3.8) is 0 Å². The average molecular weight is 228 g/mol. The van der Waals surface area contributed by atoms with E-state index in [4.69, 9.17) is 4.74 Å². The second-order valence-corrected chi connectivity index (χ2v) is 5.74. The maximum atomic E-state index is 11.5. The Labute approximate surface area is 101 Å². The second-order valence-electron chi connectivity index (χ2n) is 5.74. The van der Waals surface area contributed by atoms with Gasteiger partial charge in [-0.3, -0.25) is 4.79 Å². The summed E-state index contributed by atoms with van der Waals surface area (Å²) < 4.78 is 5.48. The van der Waals surface area contributed by atoms with Crippen molar-refractivity contribution in [2.45, 2.75) is 72.8 Å². The third kappa shape index (κ3) is 6.86. The zero-order valence-corrected chi connectivity index (χ0v) is 11.8. The summed E-state index contributed by atoms with van der Waals surface area (Å²) in [5.74, 6) is 0.652. The molecule has 1 unspecified atom stereocenters. The number of carbonyl (C=O) groups excluding carboxylic acids is 1. The van der Waals surface area contributed by atoms with Gasteiger partial charge in [0.2, 0.25) is 0 Å². The minimum Gasteiger partial charge on any atom is -0.459 e. The van der Waals surface area contributed by atoms with Crippen molar-refractivity contribution in [3.05, 3.63) is 0 Å². The number of rotatable bonds is 7. The molecule has 0 aliphatic rings. The SMILES string of the molecule is CCC(C)CCCC(C)(C)OC(=O)C(C)C. The molecule has 0 fully saturated rings. The van der Waals surface area contributed by atoms with Crippen molar-refractivity contribution in [2.75, 3.05) is 0 Å². The number of esters is 1. The minimum absolute atomic E-state index is 0.0335. The standard InChI is InChI=1S/C14H28O2/c1-7-12(4)9-8-10-14(5,6)16-13(15)11(2)3/h11-12H,7-10H2,1-6H3. The Morgan fingerprint density at radius 3 is 2.25 bits per heavy atom. The maximum Gasteiger partial charge on any atom is 0.308 e. The van der Waals surface area contributed by atoms with Crippen LogP contribution in [-0.2, 0) is 9.53 Å². The first-order valence-electron chi connectivity index (χ1n) is 6.51. The maximum absolute atomic E-state index is 11.5. The molecule has 0 rings (SSSR count). The van der Waals surface area contributed by atoms with Gasteiger partial charge in [0.15, 0.2) is 0 Å². The summed E-state index contributed by atoms with van der Waals surface area (Å²) in [4.78, 5) is 11.5. The molecule has 0 spiro atoms. The highest BCUT2D eigenvalue weighted by Gasteiger charge is 2.23. The Bertz CT molecular complexity index is 207. The van der Waals surface area contributed by atoms with Crippen molar-refractivity contribution in [1.82, 2.24) is 0 Å². The molecule has 0 amide bonds. The minimum atomic E-state index is -0.311. The number of hydrogen-bond donors (Lipinski definition) is 0. The fourth-order valence-electron chi connectivity index (χ4n) is 1.52. The largest absolute Gasteiger partial charge is 0.459 e. The van der Waals surface area contributed by atoms with Crippen molar-refractivity contribution in [1.29, 1.82) is 0 Å². The van der Waals surface area contributed by atoms with Crippen LogP contribution < -0.4 is 0 Å². The van der Waals surface area contributed by atoms with Crippen LogP contribution in [-0.4, -0.2) is 11.6 Å². The van der Waals surface area contributed by atoms with E-state index in [9.17, 15) is 4.79 Å². The molecule has 0 N–H and O–H groups in total.